The van der Waals surface area contributed by atoms with Gasteiger partial charge in [0.1, 0.15) is 17.3 Å². The number of nitrogens with one attached hydrogen (secondary N) is 2. The summed E-state index contributed by atoms with van der Waals surface area (Å²) in [5.41, 5.74) is 1.07. The van der Waals surface area contributed by atoms with Gasteiger partial charge in [0.2, 0.25) is 0 Å². The largest absolute Gasteiger partial charge is 0.490 e. The molecule has 2 N–H and O–H groups in total. The van der Waals surface area contributed by atoms with Crippen molar-refractivity contribution in [3.8, 4) is 5.75 Å². The van der Waals surface area contributed by atoms with Crippen LogP contribution in [0.2, 0.25) is 5.15 Å². The number of benzene rings is 1. The number of aryl methyl sites for hydroxylation is 1. The maximum atomic E-state index is 13.4. The third kappa shape index (κ3) is 3.52. The standard InChI is InChI=1S/C14H15ClFN3O2/c1-7(2)21-11-5-4-9(16)6-10(11)14(20)17-12-8(3)18-19-13(12)15/h4-7H,1-3H3,(H,17,20)(H,18,19). The van der Waals surface area contributed by atoms with E-state index in [0.29, 0.717) is 17.1 Å². The van der Waals surface area contributed by atoms with Gasteiger partial charge in [-0.15, -0.1) is 0 Å². The molecular formula is C14H15ClFN3O2. The van der Waals surface area contributed by atoms with Crippen molar-refractivity contribution in [2.45, 2.75) is 26.9 Å². The van der Waals surface area contributed by atoms with Crippen molar-refractivity contribution in [3.05, 3.63) is 40.4 Å². The molecule has 0 aliphatic carbocycles. The SMILES string of the molecule is Cc1[nH]nc(Cl)c1NC(=O)c1cc(F)ccc1OC(C)C. The predicted molar refractivity (Wildman–Crippen MR) is 78.5 cm³/mol. The smallest absolute Gasteiger partial charge is 0.259 e. The van der Waals surface area contributed by atoms with Crippen LogP contribution in [-0.4, -0.2) is 22.2 Å². The van der Waals surface area contributed by atoms with Gasteiger partial charge in [0.15, 0.2) is 5.15 Å². The van der Waals surface area contributed by atoms with Crippen LogP contribution in [-0.2, 0) is 0 Å². The van der Waals surface area contributed by atoms with Crippen molar-refractivity contribution in [1.29, 1.82) is 0 Å². The number of hydrogen-bond donors (Lipinski definition) is 2. The van der Waals surface area contributed by atoms with Gasteiger partial charge in [0.25, 0.3) is 5.91 Å². The van der Waals surface area contributed by atoms with Crippen LogP contribution >= 0.6 is 11.6 Å². The zero-order chi connectivity index (χ0) is 15.6. The predicted octanol–water partition coefficient (Wildman–Crippen LogP) is 3.55. The number of nitrogens with zero attached hydrogens (tertiary/aromatic N) is 1. The van der Waals surface area contributed by atoms with E-state index in [2.05, 4.69) is 15.5 Å². The van der Waals surface area contributed by atoms with E-state index in [1.807, 2.05) is 13.8 Å². The summed E-state index contributed by atoms with van der Waals surface area (Å²) in [6, 6.07) is 3.79. The number of carbonyl (C=O) groups is 1. The molecule has 1 amide bonds. The first-order valence-corrected chi connectivity index (χ1v) is 6.74. The van der Waals surface area contributed by atoms with Gasteiger partial charge >= 0.3 is 0 Å². The lowest BCUT2D eigenvalue weighted by atomic mass is 10.1. The molecular weight excluding hydrogens is 297 g/mol. The molecule has 2 rings (SSSR count). The van der Waals surface area contributed by atoms with Crippen LogP contribution in [0.1, 0.15) is 29.9 Å². The minimum atomic E-state index is -0.522. The quantitative estimate of drug-likeness (QED) is 0.907. The van der Waals surface area contributed by atoms with Crippen molar-refractivity contribution in [3.63, 3.8) is 0 Å². The zero-order valence-electron chi connectivity index (χ0n) is 11.8. The molecule has 0 atom stereocenters. The Morgan fingerprint density at radius 3 is 2.76 bits per heavy atom. The number of halogens is 2. The van der Waals surface area contributed by atoms with Crippen LogP contribution in [0.25, 0.3) is 0 Å². The second-order valence-corrected chi connectivity index (χ2v) is 5.13. The van der Waals surface area contributed by atoms with E-state index >= 15 is 0 Å². The molecule has 1 aromatic carbocycles. The highest BCUT2D eigenvalue weighted by Crippen LogP contribution is 2.26. The van der Waals surface area contributed by atoms with Crippen LogP contribution in [0.15, 0.2) is 18.2 Å². The minimum Gasteiger partial charge on any atom is -0.490 e. The van der Waals surface area contributed by atoms with E-state index in [-0.39, 0.29) is 16.8 Å². The van der Waals surface area contributed by atoms with Crippen LogP contribution < -0.4 is 10.1 Å². The van der Waals surface area contributed by atoms with Crippen LogP contribution in [0.3, 0.4) is 0 Å². The topological polar surface area (TPSA) is 67.0 Å². The third-order valence-electron chi connectivity index (χ3n) is 2.69. The first kappa shape index (κ1) is 15.3. The lowest BCUT2D eigenvalue weighted by molar-refractivity contribution is 0.102. The van der Waals surface area contributed by atoms with Gasteiger partial charge in [-0.2, -0.15) is 5.10 Å². The lowest BCUT2D eigenvalue weighted by Crippen LogP contribution is -2.16. The number of carbonyl (C=O) groups excluding carboxylic acids is 1. The molecule has 21 heavy (non-hydrogen) atoms. The first-order chi connectivity index (χ1) is 9.88. The molecule has 0 aliphatic heterocycles. The number of rotatable bonds is 4. The highest BCUT2D eigenvalue weighted by atomic mass is 35.5. The maximum absolute atomic E-state index is 13.4. The monoisotopic (exact) mass is 311 g/mol. The number of aromatic nitrogens is 2. The summed E-state index contributed by atoms with van der Waals surface area (Å²) in [4.78, 5) is 12.3. The van der Waals surface area contributed by atoms with Crippen molar-refractivity contribution in [2.75, 3.05) is 5.32 Å². The summed E-state index contributed by atoms with van der Waals surface area (Å²) in [5.74, 6) is -0.732. The van der Waals surface area contributed by atoms with Crippen LogP contribution in [0.5, 0.6) is 5.75 Å². The average Bonchev–Trinajstić information content (AvgIpc) is 2.72. The molecule has 0 fully saturated rings. The van der Waals surface area contributed by atoms with E-state index < -0.39 is 11.7 Å². The number of ether oxygens (including phenoxy) is 1. The van der Waals surface area contributed by atoms with Gasteiger partial charge in [-0.25, -0.2) is 4.39 Å². The number of hydrogen-bond acceptors (Lipinski definition) is 3. The lowest BCUT2D eigenvalue weighted by Gasteiger charge is -2.14. The summed E-state index contributed by atoms with van der Waals surface area (Å²) < 4.78 is 18.9. The van der Waals surface area contributed by atoms with Crippen molar-refractivity contribution >= 4 is 23.2 Å². The van der Waals surface area contributed by atoms with Gasteiger partial charge in [-0.3, -0.25) is 9.89 Å². The van der Waals surface area contributed by atoms with Crippen LogP contribution in [0.4, 0.5) is 10.1 Å². The molecule has 7 heteroatoms. The second-order valence-electron chi connectivity index (χ2n) is 4.78. The van der Waals surface area contributed by atoms with Crippen LogP contribution in [0, 0.1) is 12.7 Å². The Labute approximate surface area is 126 Å². The second kappa shape index (κ2) is 6.13. The summed E-state index contributed by atoms with van der Waals surface area (Å²) in [5, 5.41) is 9.17. The third-order valence-corrected chi connectivity index (χ3v) is 2.96. The van der Waals surface area contributed by atoms with Crippen molar-refractivity contribution < 1.29 is 13.9 Å². The molecule has 0 bridgehead atoms. The molecule has 0 saturated heterocycles. The Balaban J connectivity index is 2.32. The normalized spacial score (nSPS) is 10.8. The number of amides is 1. The van der Waals surface area contributed by atoms with Gasteiger partial charge < -0.3 is 10.1 Å². The number of anilines is 1. The fourth-order valence-electron chi connectivity index (χ4n) is 1.76. The molecule has 0 spiro atoms. The zero-order valence-corrected chi connectivity index (χ0v) is 12.6. The molecule has 1 heterocycles. The van der Waals surface area contributed by atoms with E-state index in [1.54, 1.807) is 6.92 Å². The fraction of sp³-hybridized carbons (Fsp3) is 0.286. The molecule has 1 aromatic heterocycles. The number of H-pyrrole nitrogens is 1. The number of aromatic amines is 1. The Morgan fingerprint density at radius 2 is 2.19 bits per heavy atom. The highest BCUT2D eigenvalue weighted by Gasteiger charge is 2.18. The van der Waals surface area contributed by atoms with E-state index in [1.165, 1.54) is 12.1 Å². The summed E-state index contributed by atoms with van der Waals surface area (Å²) in [6.07, 6.45) is -0.138. The molecule has 5 nitrogen and oxygen atoms in total. The summed E-state index contributed by atoms with van der Waals surface area (Å²) in [6.45, 7) is 5.36. The Kier molecular flexibility index (Phi) is 4.47. The Hall–Kier alpha value is -2.08. The molecule has 2 aromatic rings. The van der Waals surface area contributed by atoms with Crippen molar-refractivity contribution in [2.24, 2.45) is 0 Å². The van der Waals surface area contributed by atoms with E-state index in [4.69, 9.17) is 16.3 Å². The minimum absolute atomic E-state index is 0.0976. The van der Waals surface area contributed by atoms with E-state index in [9.17, 15) is 9.18 Å². The van der Waals surface area contributed by atoms with Gasteiger partial charge in [0, 0.05) is 0 Å². The summed E-state index contributed by atoms with van der Waals surface area (Å²) >= 11 is 5.87. The molecule has 0 unspecified atom stereocenters. The maximum Gasteiger partial charge on any atom is 0.259 e. The Morgan fingerprint density at radius 1 is 1.48 bits per heavy atom. The summed E-state index contributed by atoms with van der Waals surface area (Å²) in [7, 11) is 0. The fourth-order valence-corrected chi connectivity index (χ4v) is 1.99. The average molecular weight is 312 g/mol. The van der Waals surface area contributed by atoms with Gasteiger partial charge in [-0.1, -0.05) is 11.6 Å². The molecule has 112 valence electrons. The van der Waals surface area contributed by atoms with Gasteiger partial charge in [-0.05, 0) is 39.0 Å². The molecule has 0 radical (unpaired) electrons. The molecule has 0 aliphatic rings. The van der Waals surface area contributed by atoms with E-state index in [0.717, 1.165) is 6.07 Å². The first-order valence-electron chi connectivity index (χ1n) is 6.36. The highest BCUT2D eigenvalue weighted by molar-refractivity contribution is 6.33. The van der Waals surface area contributed by atoms with Crippen molar-refractivity contribution in [1.82, 2.24) is 10.2 Å². The Bertz CT molecular complexity index is 651. The van der Waals surface area contributed by atoms with Gasteiger partial charge in [0.05, 0.1) is 17.4 Å². The molecule has 0 saturated carbocycles.